The third-order valence-corrected chi connectivity index (χ3v) is 6.05. The second kappa shape index (κ2) is 5.79. The van der Waals surface area contributed by atoms with Crippen LogP contribution >= 0.6 is 0 Å². The van der Waals surface area contributed by atoms with Gasteiger partial charge in [-0.05, 0) is 44.4 Å². The van der Waals surface area contributed by atoms with Gasteiger partial charge in [0.25, 0.3) is 5.91 Å². The summed E-state index contributed by atoms with van der Waals surface area (Å²) in [5.74, 6) is 3.43. The van der Waals surface area contributed by atoms with Gasteiger partial charge in [-0.25, -0.2) is 4.98 Å². The zero-order chi connectivity index (χ0) is 17.8. The Hall–Kier alpha value is -2.44. The number of H-pyrrole nitrogens is 2. The van der Waals surface area contributed by atoms with Gasteiger partial charge in [0.1, 0.15) is 11.4 Å². The Morgan fingerprint density at radius 3 is 2.73 bits per heavy atom. The van der Waals surface area contributed by atoms with Gasteiger partial charge in [-0.1, -0.05) is 0 Å². The SMILES string of the molecule is Cc1c[nH]cc(C(=O)N2C[C@H](c3nc(C4CC4)n[nH]3)[C@@H](C3CC3)C2)c1=O. The molecule has 3 aliphatic rings. The number of carbonyl (C=O) groups excluding carboxylic acids is 1. The highest BCUT2D eigenvalue weighted by molar-refractivity contribution is 5.94. The predicted octanol–water partition coefficient (Wildman–Crippen LogP) is 1.94. The molecule has 2 atom stereocenters. The number of nitrogens with one attached hydrogen (secondary N) is 2. The zero-order valence-electron chi connectivity index (χ0n) is 14.9. The molecule has 7 nitrogen and oxygen atoms in total. The summed E-state index contributed by atoms with van der Waals surface area (Å²) in [6.45, 7) is 3.02. The number of likely N-dealkylation sites (tertiary alicyclic amines) is 1. The van der Waals surface area contributed by atoms with E-state index in [2.05, 4.69) is 15.2 Å². The van der Waals surface area contributed by atoms with Gasteiger partial charge in [-0.3, -0.25) is 14.7 Å². The number of nitrogens with zero attached hydrogens (tertiary/aromatic N) is 3. The lowest BCUT2D eigenvalue weighted by molar-refractivity contribution is 0.0783. The molecule has 3 fully saturated rings. The van der Waals surface area contributed by atoms with Crippen LogP contribution in [-0.2, 0) is 0 Å². The molecule has 2 aliphatic carbocycles. The van der Waals surface area contributed by atoms with Crippen LogP contribution in [0.15, 0.2) is 17.2 Å². The first-order valence-corrected chi connectivity index (χ1v) is 9.51. The summed E-state index contributed by atoms with van der Waals surface area (Å²) in [4.78, 5) is 34.8. The number of aromatic nitrogens is 4. The van der Waals surface area contributed by atoms with E-state index in [-0.39, 0.29) is 22.8 Å². The summed E-state index contributed by atoms with van der Waals surface area (Å²) in [7, 11) is 0. The number of carbonyl (C=O) groups is 1. The van der Waals surface area contributed by atoms with Crippen LogP contribution in [0.1, 0.15) is 65.1 Å². The topological polar surface area (TPSA) is 94.7 Å². The first-order valence-electron chi connectivity index (χ1n) is 9.51. The molecular formula is C19H23N5O2. The van der Waals surface area contributed by atoms with Gasteiger partial charge in [-0.15, -0.1) is 0 Å². The van der Waals surface area contributed by atoms with E-state index in [0.29, 0.717) is 36.4 Å². The monoisotopic (exact) mass is 353 g/mol. The Bertz CT molecular complexity index is 909. The minimum absolute atomic E-state index is 0.176. The van der Waals surface area contributed by atoms with Crippen LogP contribution in [0.5, 0.6) is 0 Å². The molecule has 1 aliphatic heterocycles. The van der Waals surface area contributed by atoms with E-state index in [0.717, 1.165) is 11.6 Å². The molecule has 2 aromatic rings. The van der Waals surface area contributed by atoms with Crippen molar-refractivity contribution in [3.63, 3.8) is 0 Å². The predicted molar refractivity (Wildman–Crippen MR) is 95.0 cm³/mol. The van der Waals surface area contributed by atoms with Crippen LogP contribution in [0, 0.1) is 18.8 Å². The van der Waals surface area contributed by atoms with E-state index in [4.69, 9.17) is 4.98 Å². The fraction of sp³-hybridized carbons (Fsp3) is 0.579. The Morgan fingerprint density at radius 1 is 1.19 bits per heavy atom. The first-order chi connectivity index (χ1) is 12.6. The van der Waals surface area contributed by atoms with Crippen LogP contribution in [0.4, 0.5) is 0 Å². The fourth-order valence-corrected chi connectivity index (χ4v) is 4.19. The zero-order valence-corrected chi connectivity index (χ0v) is 14.9. The summed E-state index contributed by atoms with van der Waals surface area (Å²) in [5, 5.41) is 7.53. The van der Waals surface area contributed by atoms with Gasteiger partial charge in [0.15, 0.2) is 11.3 Å². The quantitative estimate of drug-likeness (QED) is 0.878. The molecule has 26 heavy (non-hydrogen) atoms. The molecule has 0 aromatic carbocycles. The molecule has 0 unspecified atom stereocenters. The summed E-state index contributed by atoms with van der Waals surface area (Å²) in [6, 6.07) is 0. The van der Waals surface area contributed by atoms with E-state index < -0.39 is 0 Å². The maximum Gasteiger partial charge on any atom is 0.259 e. The van der Waals surface area contributed by atoms with Crippen molar-refractivity contribution in [3.05, 3.63) is 45.4 Å². The van der Waals surface area contributed by atoms with E-state index >= 15 is 0 Å². The molecule has 7 heteroatoms. The van der Waals surface area contributed by atoms with E-state index in [1.54, 1.807) is 13.1 Å². The molecule has 2 saturated carbocycles. The van der Waals surface area contributed by atoms with Crippen molar-refractivity contribution in [3.8, 4) is 0 Å². The Morgan fingerprint density at radius 2 is 2.00 bits per heavy atom. The number of hydrogen-bond donors (Lipinski definition) is 2. The maximum atomic E-state index is 13.0. The summed E-state index contributed by atoms with van der Waals surface area (Å²) < 4.78 is 0. The van der Waals surface area contributed by atoms with Crippen LogP contribution in [0.2, 0.25) is 0 Å². The molecule has 2 N–H and O–H groups in total. The van der Waals surface area contributed by atoms with Crippen molar-refractivity contribution in [2.45, 2.75) is 44.4 Å². The van der Waals surface area contributed by atoms with Gasteiger partial charge in [0.2, 0.25) is 0 Å². The molecule has 3 heterocycles. The van der Waals surface area contributed by atoms with Crippen LogP contribution in [-0.4, -0.2) is 44.1 Å². The second-order valence-electron chi connectivity index (χ2n) is 8.05. The van der Waals surface area contributed by atoms with Crippen molar-refractivity contribution in [1.82, 2.24) is 25.1 Å². The molecule has 1 amide bonds. The van der Waals surface area contributed by atoms with Crippen molar-refractivity contribution >= 4 is 5.91 Å². The highest BCUT2D eigenvalue weighted by Crippen LogP contribution is 2.47. The van der Waals surface area contributed by atoms with Gasteiger partial charge >= 0.3 is 0 Å². The molecule has 2 aromatic heterocycles. The number of aromatic amines is 2. The number of hydrogen-bond acceptors (Lipinski definition) is 4. The van der Waals surface area contributed by atoms with Gasteiger partial charge in [-0.2, -0.15) is 5.10 Å². The van der Waals surface area contributed by atoms with Crippen molar-refractivity contribution in [2.75, 3.05) is 13.1 Å². The molecule has 136 valence electrons. The standard InChI is InChI=1S/C19H23N5O2/c1-10-6-20-7-13(16(10)25)19(26)24-8-14(11-2-3-11)15(9-24)18-21-17(22-23-18)12-4-5-12/h6-7,11-12,14-15H,2-5,8-9H2,1H3,(H,20,25)(H,21,22,23)/t14-,15+/m1/s1. The number of aryl methyl sites for hydroxylation is 1. The van der Waals surface area contributed by atoms with Crippen molar-refractivity contribution in [2.24, 2.45) is 11.8 Å². The van der Waals surface area contributed by atoms with Crippen LogP contribution < -0.4 is 5.43 Å². The minimum atomic E-state index is -0.184. The van der Waals surface area contributed by atoms with Crippen LogP contribution in [0.3, 0.4) is 0 Å². The third kappa shape index (κ3) is 2.66. The molecular weight excluding hydrogens is 330 g/mol. The summed E-state index contributed by atoms with van der Waals surface area (Å²) in [5.41, 5.74) is 0.613. The number of rotatable bonds is 4. The number of amides is 1. The van der Waals surface area contributed by atoms with E-state index in [1.807, 2.05) is 4.90 Å². The smallest absolute Gasteiger partial charge is 0.259 e. The minimum Gasteiger partial charge on any atom is -0.366 e. The first kappa shape index (κ1) is 15.8. The van der Waals surface area contributed by atoms with E-state index in [9.17, 15) is 9.59 Å². The van der Waals surface area contributed by atoms with Gasteiger partial charge < -0.3 is 9.88 Å². The van der Waals surface area contributed by atoms with E-state index in [1.165, 1.54) is 31.9 Å². The Balaban J connectivity index is 1.41. The molecule has 0 bridgehead atoms. The second-order valence-corrected chi connectivity index (χ2v) is 8.05. The highest BCUT2D eigenvalue weighted by Gasteiger charge is 2.46. The van der Waals surface area contributed by atoms with Crippen LogP contribution in [0.25, 0.3) is 0 Å². The lowest BCUT2D eigenvalue weighted by Crippen LogP contribution is -2.33. The molecule has 0 spiro atoms. The molecule has 0 radical (unpaired) electrons. The summed E-state index contributed by atoms with van der Waals surface area (Å²) >= 11 is 0. The normalized spacial score (nSPS) is 25.7. The average molecular weight is 353 g/mol. The van der Waals surface area contributed by atoms with Gasteiger partial charge in [0.05, 0.1) is 0 Å². The highest BCUT2D eigenvalue weighted by atomic mass is 16.2. The lowest BCUT2D eigenvalue weighted by atomic mass is 9.91. The third-order valence-electron chi connectivity index (χ3n) is 6.05. The van der Waals surface area contributed by atoms with Crippen molar-refractivity contribution in [1.29, 1.82) is 0 Å². The maximum absolute atomic E-state index is 13.0. The largest absolute Gasteiger partial charge is 0.366 e. The van der Waals surface area contributed by atoms with Gasteiger partial charge in [0, 0.05) is 42.9 Å². The average Bonchev–Trinajstić information content (AvgIpc) is 3.57. The fourth-order valence-electron chi connectivity index (χ4n) is 4.19. The molecule has 1 saturated heterocycles. The Kier molecular flexibility index (Phi) is 3.52. The molecule has 5 rings (SSSR count). The lowest BCUT2D eigenvalue weighted by Gasteiger charge is -2.16. The Labute approximate surface area is 151 Å². The number of pyridine rings is 1. The summed E-state index contributed by atoms with van der Waals surface area (Å²) in [6.07, 6.45) is 7.95. The van der Waals surface area contributed by atoms with Crippen molar-refractivity contribution < 1.29 is 4.79 Å².